The van der Waals surface area contributed by atoms with Crippen LogP contribution in [0.4, 0.5) is 0 Å². The zero-order chi connectivity index (χ0) is 12.0. The minimum atomic E-state index is -0.392. The largest absolute Gasteiger partial charge is 0.497 e. The fraction of sp³-hybridized carbons (Fsp3) is 0.545. The van der Waals surface area contributed by atoms with Gasteiger partial charge < -0.3 is 9.31 Å². The maximum Gasteiger partial charge on any atom is 0.497 e. The van der Waals surface area contributed by atoms with Crippen LogP contribution in [0.1, 0.15) is 32.7 Å². The topological polar surface area (TPSA) is 31.4 Å². The number of hydrogen-bond acceptors (Lipinski definition) is 4. The highest BCUT2D eigenvalue weighted by Gasteiger charge is 2.52. The monoisotopic (exact) mass is 237 g/mol. The third kappa shape index (κ3) is 1.83. The van der Waals surface area contributed by atoms with E-state index in [4.69, 9.17) is 9.31 Å². The molecule has 0 N–H and O–H groups in total. The zero-order valence-corrected chi connectivity index (χ0v) is 10.9. The maximum absolute atomic E-state index is 5.89. The van der Waals surface area contributed by atoms with Crippen LogP contribution in [0.2, 0.25) is 0 Å². The predicted molar refractivity (Wildman–Crippen MR) is 67.2 cm³/mol. The zero-order valence-electron chi connectivity index (χ0n) is 10.1. The summed E-state index contributed by atoms with van der Waals surface area (Å²) in [6.07, 6.45) is 1.76. The van der Waals surface area contributed by atoms with Gasteiger partial charge in [-0.15, -0.1) is 11.3 Å². The minimum Gasteiger partial charge on any atom is -0.399 e. The van der Waals surface area contributed by atoms with Crippen molar-refractivity contribution >= 4 is 23.9 Å². The molecule has 1 aliphatic heterocycles. The first-order valence-corrected chi connectivity index (χ1v) is 6.16. The van der Waals surface area contributed by atoms with E-state index in [-0.39, 0.29) is 11.2 Å². The molecule has 0 radical (unpaired) electrons. The Morgan fingerprint density at radius 2 is 1.88 bits per heavy atom. The van der Waals surface area contributed by atoms with Gasteiger partial charge in [0.05, 0.1) is 11.2 Å². The van der Waals surface area contributed by atoms with Crippen LogP contribution < -0.4 is 0 Å². The van der Waals surface area contributed by atoms with Crippen molar-refractivity contribution in [1.82, 2.24) is 4.98 Å². The van der Waals surface area contributed by atoms with E-state index in [0.29, 0.717) is 0 Å². The molecule has 1 aliphatic rings. The van der Waals surface area contributed by atoms with Crippen molar-refractivity contribution in [1.29, 1.82) is 0 Å². The molecule has 0 saturated carbocycles. The van der Waals surface area contributed by atoms with Gasteiger partial charge >= 0.3 is 7.12 Å². The number of hydrogen-bond donors (Lipinski definition) is 0. The summed E-state index contributed by atoms with van der Waals surface area (Å²) in [5.41, 5.74) is 0.157. The van der Waals surface area contributed by atoms with E-state index in [1.807, 2.05) is 33.1 Å². The van der Waals surface area contributed by atoms with E-state index >= 15 is 0 Å². The third-order valence-corrected chi connectivity index (χ3v) is 4.09. The van der Waals surface area contributed by atoms with Crippen molar-refractivity contribution in [2.24, 2.45) is 0 Å². The number of aromatic nitrogens is 1. The van der Waals surface area contributed by atoms with Crippen molar-refractivity contribution in [2.45, 2.75) is 38.9 Å². The summed E-state index contributed by atoms with van der Waals surface area (Å²) in [6, 6.07) is 0. The van der Waals surface area contributed by atoms with Gasteiger partial charge in [0.25, 0.3) is 0 Å². The highest BCUT2D eigenvalue weighted by molar-refractivity contribution is 7.12. The van der Waals surface area contributed by atoms with Gasteiger partial charge in [-0.2, -0.15) is 0 Å². The first-order valence-electron chi connectivity index (χ1n) is 5.28. The highest BCUT2D eigenvalue weighted by Crippen LogP contribution is 2.40. The summed E-state index contributed by atoms with van der Waals surface area (Å²) in [7, 11) is -0.392. The van der Waals surface area contributed by atoms with Gasteiger partial charge in [-0.25, -0.2) is 4.98 Å². The van der Waals surface area contributed by atoms with Gasteiger partial charge in [0, 0.05) is 17.0 Å². The summed E-state index contributed by atoms with van der Waals surface area (Å²) in [5, 5.41) is 2.80. The fourth-order valence-electron chi connectivity index (χ4n) is 1.47. The van der Waals surface area contributed by atoms with Crippen molar-refractivity contribution in [3.05, 3.63) is 23.2 Å². The molecule has 2 heterocycles. The molecule has 3 nitrogen and oxygen atoms in total. The lowest BCUT2D eigenvalue weighted by atomic mass is 9.80. The Kier molecular flexibility index (Phi) is 2.73. The first kappa shape index (κ1) is 11.8. The number of nitrogens with zero attached hydrogens (tertiary/aromatic N) is 1. The van der Waals surface area contributed by atoms with Crippen molar-refractivity contribution < 1.29 is 9.31 Å². The molecule has 0 aliphatic carbocycles. The average molecular weight is 237 g/mol. The molecule has 2 rings (SSSR count). The highest BCUT2D eigenvalue weighted by atomic mass is 32.1. The van der Waals surface area contributed by atoms with E-state index in [1.54, 1.807) is 17.5 Å². The van der Waals surface area contributed by atoms with Crippen molar-refractivity contribution in [3.63, 3.8) is 0 Å². The smallest absolute Gasteiger partial charge is 0.399 e. The summed E-state index contributed by atoms with van der Waals surface area (Å²) < 4.78 is 11.8. The Balaban J connectivity index is 2.18. The van der Waals surface area contributed by atoms with E-state index in [1.165, 1.54) is 0 Å². The molecule has 1 aromatic rings. The van der Waals surface area contributed by atoms with Gasteiger partial charge in [-0.05, 0) is 27.7 Å². The van der Waals surface area contributed by atoms with Crippen LogP contribution in [0.5, 0.6) is 0 Å². The fourth-order valence-corrected chi connectivity index (χ4v) is 2.09. The standard InChI is InChI=1S/C11H16BNO2S/c1-8(9-13-6-7-16-9)12-14-10(2,3)11(4,5)15-12/h6-7H,1H2,2-5H3. The molecule has 86 valence electrons. The van der Waals surface area contributed by atoms with Gasteiger partial charge in [0.15, 0.2) is 0 Å². The second kappa shape index (κ2) is 3.69. The van der Waals surface area contributed by atoms with Gasteiger partial charge in [-0.1, -0.05) is 6.58 Å². The van der Waals surface area contributed by atoms with Crippen LogP contribution >= 0.6 is 11.3 Å². The quantitative estimate of drug-likeness (QED) is 0.741. The van der Waals surface area contributed by atoms with E-state index in [2.05, 4.69) is 11.6 Å². The van der Waals surface area contributed by atoms with E-state index in [9.17, 15) is 0 Å². The van der Waals surface area contributed by atoms with Crippen LogP contribution in [0.15, 0.2) is 18.2 Å². The SMILES string of the molecule is C=C(B1OC(C)(C)C(C)(C)O1)c1nccs1. The van der Waals surface area contributed by atoms with Crippen LogP contribution in [-0.2, 0) is 9.31 Å². The molecule has 1 fully saturated rings. The van der Waals surface area contributed by atoms with Gasteiger partial charge in [0.2, 0.25) is 0 Å². The van der Waals surface area contributed by atoms with Crippen LogP contribution in [0.3, 0.4) is 0 Å². The van der Waals surface area contributed by atoms with Gasteiger partial charge in [-0.3, -0.25) is 0 Å². The molecule has 16 heavy (non-hydrogen) atoms. The van der Waals surface area contributed by atoms with E-state index in [0.717, 1.165) is 10.5 Å². The summed E-state index contributed by atoms with van der Waals surface area (Å²) in [5.74, 6) is 0. The second-order valence-corrected chi connectivity index (χ2v) is 5.85. The molecule has 0 spiro atoms. The molecular formula is C11H16BNO2S. The predicted octanol–water partition coefficient (Wildman–Crippen LogP) is 2.79. The van der Waals surface area contributed by atoms with Crippen molar-refractivity contribution in [2.75, 3.05) is 0 Å². The Morgan fingerprint density at radius 1 is 1.31 bits per heavy atom. The molecule has 1 aromatic heterocycles. The molecule has 0 atom stereocenters. The van der Waals surface area contributed by atoms with Crippen LogP contribution in [-0.4, -0.2) is 23.3 Å². The molecule has 0 unspecified atom stereocenters. The molecule has 0 aromatic carbocycles. The molecular weight excluding hydrogens is 221 g/mol. The Hall–Kier alpha value is -0.645. The summed E-state index contributed by atoms with van der Waals surface area (Å²) in [6.45, 7) is 12.1. The minimum absolute atomic E-state index is 0.322. The lowest BCUT2D eigenvalue weighted by Crippen LogP contribution is -2.41. The molecule has 5 heteroatoms. The maximum atomic E-state index is 5.89. The number of thiazole rings is 1. The normalized spacial score (nSPS) is 22.4. The lowest BCUT2D eigenvalue weighted by molar-refractivity contribution is 0.00578. The Bertz CT molecular complexity index is 384. The van der Waals surface area contributed by atoms with E-state index < -0.39 is 7.12 Å². The summed E-state index contributed by atoms with van der Waals surface area (Å²) >= 11 is 1.55. The second-order valence-electron chi connectivity index (χ2n) is 4.95. The third-order valence-electron chi connectivity index (χ3n) is 3.24. The lowest BCUT2D eigenvalue weighted by Gasteiger charge is -2.32. The van der Waals surface area contributed by atoms with Crippen LogP contribution in [0.25, 0.3) is 5.47 Å². The molecule has 1 saturated heterocycles. The van der Waals surface area contributed by atoms with Crippen LogP contribution in [0, 0.1) is 0 Å². The van der Waals surface area contributed by atoms with Crippen molar-refractivity contribution in [3.8, 4) is 0 Å². The Labute approximate surface area is 101 Å². The average Bonchev–Trinajstić information content (AvgIpc) is 2.72. The first-order chi connectivity index (χ1) is 7.33. The summed E-state index contributed by atoms with van der Waals surface area (Å²) in [4.78, 5) is 4.22. The Morgan fingerprint density at radius 3 is 2.31 bits per heavy atom. The molecule has 0 bridgehead atoms. The number of rotatable bonds is 2. The molecule has 0 amide bonds. The van der Waals surface area contributed by atoms with Gasteiger partial charge in [0.1, 0.15) is 5.01 Å².